The molecule has 5 heteroatoms. The first-order valence-electron chi connectivity index (χ1n) is 7.02. The van der Waals surface area contributed by atoms with E-state index in [0.717, 1.165) is 32.4 Å². The van der Waals surface area contributed by atoms with Gasteiger partial charge in [0, 0.05) is 17.5 Å². The highest BCUT2D eigenvalue weighted by Gasteiger charge is 2.61. The number of carbonyl (C=O) groups is 1. The zero-order chi connectivity index (χ0) is 13.0. The highest BCUT2D eigenvalue weighted by molar-refractivity contribution is 7.10. The van der Waals surface area contributed by atoms with E-state index in [1.807, 2.05) is 0 Å². The van der Waals surface area contributed by atoms with Crippen molar-refractivity contribution in [2.24, 2.45) is 0 Å². The van der Waals surface area contributed by atoms with Crippen LogP contribution in [-0.4, -0.2) is 47.4 Å². The quantitative estimate of drug-likeness (QED) is 0.888. The Morgan fingerprint density at radius 2 is 2.32 bits per heavy atom. The lowest BCUT2D eigenvalue weighted by atomic mass is 10.2. The lowest BCUT2D eigenvalue weighted by Crippen LogP contribution is -2.41. The number of rotatable bonds is 2. The average Bonchev–Trinajstić information content (AvgIpc) is 2.79. The topological polar surface area (TPSA) is 35.6 Å². The number of hydrogen-bond donors (Lipinski definition) is 1. The molecule has 3 aliphatic rings. The van der Waals surface area contributed by atoms with Gasteiger partial charge in [0.15, 0.2) is 0 Å². The summed E-state index contributed by atoms with van der Waals surface area (Å²) in [5.41, 5.74) is -0.212. The van der Waals surface area contributed by atoms with E-state index in [0.29, 0.717) is 11.9 Å². The van der Waals surface area contributed by atoms with Gasteiger partial charge < -0.3 is 9.80 Å². The Balaban J connectivity index is 1.66. The van der Waals surface area contributed by atoms with Crippen molar-refractivity contribution in [3.63, 3.8) is 0 Å². The van der Waals surface area contributed by atoms with Gasteiger partial charge in [-0.15, -0.1) is 11.3 Å². The molecule has 1 saturated carbocycles. The fourth-order valence-electron chi connectivity index (χ4n) is 3.41. The van der Waals surface area contributed by atoms with Gasteiger partial charge in [0.1, 0.15) is 11.7 Å². The van der Waals surface area contributed by atoms with Gasteiger partial charge in [-0.25, -0.2) is 0 Å². The van der Waals surface area contributed by atoms with Gasteiger partial charge in [-0.05, 0) is 44.3 Å². The molecular formula is C14H19N3OS. The first-order chi connectivity index (χ1) is 9.20. The molecule has 1 aliphatic carbocycles. The van der Waals surface area contributed by atoms with E-state index in [-0.39, 0.29) is 11.7 Å². The van der Waals surface area contributed by atoms with Gasteiger partial charge in [-0.1, -0.05) is 6.07 Å². The number of hydrogen-bond acceptors (Lipinski definition) is 4. The molecule has 1 aromatic heterocycles. The van der Waals surface area contributed by atoms with Crippen LogP contribution in [-0.2, 0) is 4.79 Å². The smallest absolute Gasteiger partial charge is 0.244 e. The molecule has 4 rings (SSSR count). The first-order valence-corrected chi connectivity index (χ1v) is 7.90. The lowest BCUT2D eigenvalue weighted by Gasteiger charge is -2.29. The van der Waals surface area contributed by atoms with E-state index in [2.05, 4.69) is 39.7 Å². The monoisotopic (exact) mass is 277 g/mol. The number of amides is 1. The third-order valence-electron chi connectivity index (χ3n) is 4.66. The number of carbonyl (C=O) groups excluding carboxylic acids is 1. The molecular weight excluding hydrogens is 258 g/mol. The molecule has 19 heavy (non-hydrogen) atoms. The van der Waals surface area contributed by atoms with E-state index in [4.69, 9.17) is 0 Å². The normalized spacial score (nSPS) is 33.5. The number of nitrogens with zero attached hydrogens (tertiary/aromatic N) is 2. The van der Waals surface area contributed by atoms with Crippen molar-refractivity contribution in [1.29, 1.82) is 0 Å². The van der Waals surface area contributed by atoms with Crippen molar-refractivity contribution in [2.75, 3.05) is 20.1 Å². The van der Waals surface area contributed by atoms with Crippen molar-refractivity contribution < 1.29 is 4.79 Å². The number of thiophene rings is 1. The summed E-state index contributed by atoms with van der Waals surface area (Å²) in [7, 11) is 2.14. The van der Waals surface area contributed by atoms with Crippen LogP contribution in [0.25, 0.3) is 0 Å². The summed E-state index contributed by atoms with van der Waals surface area (Å²) in [5, 5.41) is 5.70. The first kappa shape index (κ1) is 11.9. The predicted molar refractivity (Wildman–Crippen MR) is 74.9 cm³/mol. The van der Waals surface area contributed by atoms with E-state index in [1.54, 1.807) is 11.3 Å². The predicted octanol–water partition coefficient (Wildman–Crippen LogP) is 1.42. The highest BCUT2D eigenvalue weighted by Crippen LogP contribution is 2.48. The summed E-state index contributed by atoms with van der Waals surface area (Å²) in [6.07, 6.45) is 3.22. The molecule has 1 spiro atoms. The second-order valence-electron chi connectivity index (χ2n) is 6.06. The largest absolute Gasteiger partial charge is 0.316 e. The summed E-state index contributed by atoms with van der Waals surface area (Å²) in [6, 6.07) is 4.59. The molecule has 3 fully saturated rings. The zero-order valence-corrected chi connectivity index (χ0v) is 11.9. The molecule has 1 aromatic rings. The molecule has 2 unspecified atom stereocenters. The minimum absolute atomic E-state index is 0.103. The van der Waals surface area contributed by atoms with Crippen LogP contribution in [0.1, 0.15) is 30.3 Å². The van der Waals surface area contributed by atoms with Crippen LogP contribution < -0.4 is 5.32 Å². The van der Waals surface area contributed by atoms with Gasteiger partial charge in [0.05, 0.1) is 0 Å². The summed E-state index contributed by atoms with van der Waals surface area (Å²) < 4.78 is 0. The number of nitrogens with one attached hydrogen (secondary N) is 1. The lowest BCUT2D eigenvalue weighted by molar-refractivity contribution is -0.132. The van der Waals surface area contributed by atoms with Crippen molar-refractivity contribution in [2.45, 2.75) is 37.0 Å². The summed E-state index contributed by atoms with van der Waals surface area (Å²) in [6.45, 7) is 2.10. The number of likely N-dealkylation sites (N-methyl/N-ethyl adjacent to an activating group) is 1. The van der Waals surface area contributed by atoms with E-state index in [9.17, 15) is 4.79 Å². The van der Waals surface area contributed by atoms with Crippen molar-refractivity contribution in [1.82, 2.24) is 15.1 Å². The Morgan fingerprint density at radius 1 is 1.47 bits per heavy atom. The molecule has 0 aromatic carbocycles. The molecule has 102 valence electrons. The minimum Gasteiger partial charge on any atom is -0.316 e. The molecule has 1 amide bonds. The Labute approximate surface area is 117 Å². The maximum Gasteiger partial charge on any atom is 0.244 e. The Hall–Kier alpha value is -0.910. The zero-order valence-electron chi connectivity index (χ0n) is 11.1. The maximum absolute atomic E-state index is 12.7. The molecule has 2 saturated heterocycles. The third kappa shape index (κ3) is 1.75. The maximum atomic E-state index is 12.7. The van der Waals surface area contributed by atoms with Crippen molar-refractivity contribution in [3.05, 3.63) is 22.4 Å². The fourth-order valence-corrected chi connectivity index (χ4v) is 4.18. The van der Waals surface area contributed by atoms with Crippen LogP contribution in [0.5, 0.6) is 0 Å². The van der Waals surface area contributed by atoms with E-state index in [1.165, 1.54) is 4.88 Å². The molecule has 2 atom stereocenters. The van der Waals surface area contributed by atoms with Crippen LogP contribution in [0.4, 0.5) is 0 Å². The summed E-state index contributed by atoms with van der Waals surface area (Å²) >= 11 is 1.74. The molecule has 0 radical (unpaired) electrons. The summed E-state index contributed by atoms with van der Waals surface area (Å²) in [5.74, 6) is 0.339. The molecule has 0 bridgehead atoms. The average molecular weight is 277 g/mol. The van der Waals surface area contributed by atoms with Gasteiger partial charge in [-0.3, -0.25) is 10.1 Å². The molecule has 3 heterocycles. The van der Waals surface area contributed by atoms with Gasteiger partial charge in [-0.2, -0.15) is 0 Å². The van der Waals surface area contributed by atoms with Gasteiger partial charge in [0.25, 0.3) is 0 Å². The second-order valence-corrected chi connectivity index (χ2v) is 7.04. The molecule has 4 nitrogen and oxygen atoms in total. The van der Waals surface area contributed by atoms with Gasteiger partial charge in [0.2, 0.25) is 5.91 Å². The van der Waals surface area contributed by atoms with Gasteiger partial charge >= 0.3 is 0 Å². The highest BCUT2D eigenvalue weighted by atomic mass is 32.1. The van der Waals surface area contributed by atoms with E-state index >= 15 is 0 Å². The Bertz CT molecular complexity index is 497. The second kappa shape index (κ2) is 4.04. The van der Waals surface area contributed by atoms with Crippen LogP contribution in [0.2, 0.25) is 0 Å². The van der Waals surface area contributed by atoms with E-state index < -0.39 is 0 Å². The number of likely N-dealkylation sites (tertiary alicyclic amines) is 1. The Morgan fingerprint density at radius 3 is 2.89 bits per heavy atom. The van der Waals surface area contributed by atoms with Crippen LogP contribution in [0, 0.1) is 0 Å². The summed E-state index contributed by atoms with van der Waals surface area (Å²) in [4.78, 5) is 18.5. The van der Waals surface area contributed by atoms with Crippen LogP contribution in [0.3, 0.4) is 0 Å². The van der Waals surface area contributed by atoms with Crippen molar-refractivity contribution >= 4 is 17.2 Å². The fraction of sp³-hybridized carbons (Fsp3) is 0.643. The molecule has 2 aliphatic heterocycles. The SMILES string of the molecule is CN1CCC(N2C(=O)C3(CC3)NC2c2cccs2)C1. The van der Waals surface area contributed by atoms with Crippen LogP contribution >= 0.6 is 11.3 Å². The molecule has 1 N–H and O–H groups in total. The minimum atomic E-state index is -0.212. The van der Waals surface area contributed by atoms with Crippen LogP contribution in [0.15, 0.2) is 17.5 Å². The van der Waals surface area contributed by atoms with Crippen molar-refractivity contribution in [3.8, 4) is 0 Å². The Kier molecular flexibility index (Phi) is 2.53. The third-order valence-corrected chi connectivity index (χ3v) is 5.58. The standard InChI is InChI=1S/C14H19N3OS/c1-16-7-4-10(9-16)17-12(11-3-2-8-19-11)15-14(5-6-14)13(17)18/h2-3,8,10,12,15H,4-7,9H2,1H3.